The summed E-state index contributed by atoms with van der Waals surface area (Å²) in [6.45, 7) is 1.91. The maximum absolute atomic E-state index is 13.3. The number of rotatable bonds is 2. The standard InChI is InChI=1S/C12H13BrFN3/c13-12-16-10-4-3-8(14)6-11(10)17(12)7-9-2-1-5-15-9/h3-4,6,9,15H,1-2,5,7H2. The highest BCUT2D eigenvalue weighted by molar-refractivity contribution is 9.10. The van der Waals surface area contributed by atoms with Crippen LogP contribution in [0, 0.1) is 5.82 Å². The summed E-state index contributed by atoms with van der Waals surface area (Å²) in [6.07, 6.45) is 2.38. The Balaban J connectivity index is 2.01. The monoisotopic (exact) mass is 297 g/mol. The van der Waals surface area contributed by atoms with E-state index in [9.17, 15) is 4.39 Å². The summed E-state index contributed by atoms with van der Waals surface area (Å²) in [7, 11) is 0. The lowest BCUT2D eigenvalue weighted by atomic mass is 10.2. The molecule has 3 rings (SSSR count). The van der Waals surface area contributed by atoms with Gasteiger partial charge in [0.05, 0.1) is 11.0 Å². The SMILES string of the molecule is Fc1ccc2nc(Br)n(CC3CCCN3)c2c1. The molecule has 1 N–H and O–H groups in total. The van der Waals surface area contributed by atoms with E-state index in [1.165, 1.54) is 18.9 Å². The van der Waals surface area contributed by atoms with Crippen LogP contribution in [0.2, 0.25) is 0 Å². The molecule has 0 aliphatic carbocycles. The van der Waals surface area contributed by atoms with Crippen molar-refractivity contribution in [1.29, 1.82) is 0 Å². The van der Waals surface area contributed by atoms with Gasteiger partial charge in [-0.2, -0.15) is 0 Å². The zero-order chi connectivity index (χ0) is 11.8. The van der Waals surface area contributed by atoms with Gasteiger partial charge in [0, 0.05) is 12.6 Å². The molecule has 1 aliphatic rings. The second kappa shape index (κ2) is 4.38. The molecular weight excluding hydrogens is 285 g/mol. The van der Waals surface area contributed by atoms with Crippen LogP contribution in [0.1, 0.15) is 12.8 Å². The average Bonchev–Trinajstić information content (AvgIpc) is 2.90. The third kappa shape index (κ3) is 2.09. The first-order chi connectivity index (χ1) is 8.24. The van der Waals surface area contributed by atoms with E-state index in [1.807, 2.05) is 4.57 Å². The lowest BCUT2D eigenvalue weighted by molar-refractivity contribution is 0.511. The molecule has 1 unspecified atom stereocenters. The molecule has 0 saturated carbocycles. The number of hydrogen-bond acceptors (Lipinski definition) is 2. The van der Waals surface area contributed by atoms with E-state index in [0.29, 0.717) is 6.04 Å². The van der Waals surface area contributed by atoms with Crippen LogP contribution in [0.3, 0.4) is 0 Å². The zero-order valence-electron chi connectivity index (χ0n) is 9.29. The Morgan fingerprint density at radius 2 is 2.41 bits per heavy atom. The fraction of sp³-hybridized carbons (Fsp3) is 0.417. The van der Waals surface area contributed by atoms with Gasteiger partial charge < -0.3 is 9.88 Å². The molecule has 0 bridgehead atoms. The molecule has 1 fully saturated rings. The van der Waals surface area contributed by atoms with E-state index in [4.69, 9.17) is 0 Å². The molecule has 1 aromatic heterocycles. The van der Waals surface area contributed by atoms with Crippen LogP contribution in [-0.2, 0) is 6.54 Å². The van der Waals surface area contributed by atoms with Gasteiger partial charge in [0.15, 0.2) is 4.73 Å². The molecule has 0 amide bonds. The largest absolute Gasteiger partial charge is 0.317 e. The van der Waals surface area contributed by atoms with Gasteiger partial charge in [0.25, 0.3) is 0 Å². The van der Waals surface area contributed by atoms with E-state index in [1.54, 1.807) is 12.1 Å². The Labute approximate surface area is 107 Å². The number of aromatic nitrogens is 2. The van der Waals surface area contributed by atoms with E-state index in [2.05, 4.69) is 26.2 Å². The number of halogens is 2. The van der Waals surface area contributed by atoms with Crippen molar-refractivity contribution < 1.29 is 4.39 Å². The van der Waals surface area contributed by atoms with Gasteiger partial charge in [-0.3, -0.25) is 0 Å². The fourth-order valence-corrected chi connectivity index (χ4v) is 2.90. The average molecular weight is 298 g/mol. The zero-order valence-corrected chi connectivity index (χ0v) is 10.9. The van der Waals surface area contributed by atoms with E-state index >= 15 is 0 Å². The normalized spacial score (nSPS) is 20.2. The molecule has 90 valence electrons. The van der Waals surface area contributed by atoms with Crippen LogP contribution in [0.25, 0.3) is 11.0 Å². The number of nitrogens with one attached hydrogen (secondary N) is 1. The van der Waals surface area contributed by atoms with E-state index in [-0.39, 0.29) is 5.82 Å². The van der Waals surface area contributed by atoms with Crippen molar-refractivity contribution >= 4 is 27.0 Å². The summed E-state index contributed by atoms with van der Waals surface area (Å²) in [6, 6.07) is 5.17. The molecule has 1 atom stereocenters. The Kier molecular flexibility index (Phi) is 2.88. The van der Waals surface area contributed by atoms with Crippen LogP contribution in [-0.4, -0.2) is 22.1 Å². The summed E-state index contributed by atoms with van der Waals surface area (Å²) in [5, 5.41) is 3.44. The highest BCUT2D eigenvalue weighted by Crippen LogP contribution is 2.22. The van der Waals surface area contributed by atoms with Gasteiger partial charge >= 0.3 is 0 Å². The topological polar surface area (TPSA) is 29.9 Å². The predicted molar refractivity (Wildman–Crippen MR) is 68.4 cm³/mol. The van der Waals surface area contributed by atoms with Crippen molar-refractivity contribution in [3.63, 3.8) is 0 Å². The minimum absolute atomic E-state index is 0.217. The molecule has 1 aromatic carbocycles. The number of benzene rings is 1. The van der Waals surface area contributed by atoms with Crippen molar-refractivity contribution in [3.8, 4) is 0 Å². The van der Waals surface area contributed by atoms with Gasteiger partial charge in [-0.25, -0.2) is 9.37 Å². The second-order valence-electron chi connectivity index (χ2n) is 4.42. The first-order valence-corrected chi connectivity index (χ1v) is 6.58. The molecule has 3 nitrogen and oxygen atoms in total. The van der Waals surface area contributed by atoms with Gasteiger partial charge in [0.1, 0.15) is 5.82 Å². The quantitative estimate of drug-likeness (QED) is 0.924. The van der Waals surface area contributed by atoms with Crippen LogP contribution < -0.4 is 5.32 Å². The molecule has 2 aromatic rings. The molecule has 5 heteroatoms. The van der Waals surface area contributed by atoms with Gasteiger partial charge in [0.2, 0.25) is 0 Å². The first kappa shape index (κ1) is 11.2. The third-order valence-corrected chi connectivity index (χ3v) is 3.83. The van der Waals surface area contributed by atoms with Crippen molar-refractivity contribution in [2.24, 2.45) is 0 Å². The number of nitrogens with zero attached hydrogens (tertiary/aromatic N) is 2. The summed E-state index contributed by atoms with van der Waals surface area (Å²) < 4.78 is 16.1. The van der Waals surface area contributed by atoms with Gasteiger partial charge in [-0.15, -0.1) is 0 Å². The lowest BCUT2D eigenvalue weighted by Gasteiger charge is -2.12. The first-order valence-electron chi connectivity index (χ1n) is 5.79. The van der Waals surface area contributed by atoms with E-state index in [0.717, 1.165) is 28.9 Å². The van der Waals surface area contributed by atoms with Gasteiger partial charge in [-0.05, 0) is 53.5 Å². The number of fused-ring (bicyclic) bond motifs is 1. The maximum atomic E-state index is 13.3. The number of imidazole rings is 1. The summed E-state index contributed by atoms with van der Waals surface area (Å²) in [5.41, 5.74) is 1.68. The Morgan fingerprint density at radius 1 is 1.53 bits per heavy atom. The van der Waals surface area contributed by atoms with Crippen LogP contribution in [0.5, 0.6) is 0 Å². The van der Waals surface area contributed by atoms with E-state index < -0.39 is 0 Å². The highest BCUT2D eigenvalue weighted by Gasteiger charge is 2.17. The summed E-state index contributed by atoms with van der Waals surface area (Å²) >= 11 is 3.44. The molecule has 0 radical (unpaired) electrons. The smallest absolute Gasteiger partial charge is 0.178 e. The number of hydrogen-bond donors (Lipinski definition) is 1. The maximum Gasteiger partial charge on any atom is 0.178 e. The van der Waals surface area contributed by atoms with Gasteiger partial charge in [-0.1, -0.05) is 0 Å². The summed E-state index contributed by atoms with van der Waals surface area (Å²) in [5.74, 6) is -0.217. The van der Waals surface area contributed by atoms with Crippen molar-refractivity contribution in [2.75, 3.05) is 6.54 Å². The van der Waals surface area contributed by atoms with Crippen LogP contribution in [0.15, 0.2) is 22.9 Å². The van der Waals surface area contributed by atoms with Crippen molar-refractivity contribution in [1.82, 2.24) is 14.9 Å². The Morgan fingerprint density at radius 3 is 3.18 bits per heavy atom. The molecule has 17 heavy (non-hydrogen) atoms. The predicted octanol–water partition coefficient (Wildman–Crippen LogP) is 2.69. The van der Waals surface area contributed by atoms with Crippen molar-refractivity contribution in [2.45, 2.75) is 25.4 Å². The fourth-order valence-electron chi connectivity index (χ4n) is 2.37. The molecule has 0 spiro atoms. The highest BCUT2D eigenvalue weighted by atomic mass is 79.9. The van der Waals surface area contributed by atoms with Crippen LogP contribution >= 0.6 is 15.9 Å². The Hall–Kier alpha value is -0.940. The minimum atomic E-state index is -0.217. The molecule has 1 aliphatic heterocycles. The summed E-state index contributed by atoms with van der Waals surface area (Å²) in [4.78, 5) is 4.38. The lowest BCUT2D eigenvalue weighted by Crippen LogP contribution is -2.26. The molecule has 2 heterocycles. The second-order valence-corrected chi connectivity index (χ2v) is 5.13. The van der Waals surface area contributed by atoms with Crippen molar-refractivity contribution in [3.05, 3.63) is 28.7 Å². The Bertz CT molecular complexity index is 546. The molecule has 1 saturated heterocycles. The minimum Gasteiger partial charge on any atom is -0.317 e. The van der Waals surface area contributed by atoms with Crippen LogP contribution in [0.4, 0.5) is 4.39 Å². The third-order valence-electron chi connectivity index (χ3n) is 3.23. The molecular formula is C12H13BrFN3.